The van der Waals surface area contributed by atoms with E-state index >= 15 is 4.39 Å². The molecule has 1 spiro atoms. The molecule has 1 saturated heterocycles. The molecule has 5 rings (SSSR count). The molecule has 0 aromatic rings. The lowest BCUT2D eigenvalue weighted by atomic mass is 9.50. The van der Waals surface area contributed by atoms with Crippen LogP contribution in [0.1, 0.15) is 65.2 Å². The zero-order chi connectivity index (χ0) is 17.0. The third kappa shape index (κ3) is 1.44. The van der Waals surface area contributed by atoms with Crippen molar-refractivity contribution in [2.75, 3.05) is 6.61 Å². The van der Waals surface area contributed by atoms with Crippen LogP contribution in [0, 0.1) is 34.5 Å². The average molecular weight is 336 g/mol. The number of alkyl halides is 1. The Kier molecular flexibility index (Phi) is 2.84. The van der Waals surface area contributed by atoms with Crippen molar-refractivity contribution in [2.24, 2.45) is 34.5 Å². The van der Waals surface area contributed by atoms with E-state index in [-0.39, 0.29) is 41.7 Å². The summed E-state index contributed by atoms with van der Waals surface area (Å²) in [5, 5.41) is 10.4. The van der Waals surface area contributed by atoms with Crippen LogP contribution in [0.25, 0.3) is 0 Å². The number of hydrogen-bond acceptors (Lipinski definition) is 3. The molecule has 1 N–H and O–H groups in total. The molecule has 5 fully saturated rings. The summed E-state index contributed by atoms with van der Waals surface area (Å²) in [4.78, 5) is 12.7. The van der Waals surface area contributed by atoms with E-state index < -0.39 is 16.7 Å². The first-order valence-corrected chi connectivity index (χ1v) is 9.86. The van der Waals surface area contributed by atoms with Gasteiger partial charge in [-0.3, -0.25) is 4.79 Å². The lowest BCUT2D eigenvalue weighted by Crippen LogP contribution is -2.55. The Bertz CT molecular complexity index is 608. The fourth-order valence-corrected chi connectivity index (χ4v) is 8.24. The van der Waals surface area contributed by atoms with Gasteiger partial charge >= 0.3 is 5.97 Å². The fourth-order valence-electron chi connectivity index (χ4n) is 8.24. The van der Waals surface area contributed by atoms with E-state index in [0.717, 1.165) is 38.5 Å². The van der Waals surface area contributed by atoms with Crippen molar-refractivity contribution in [1.29, 1.82) is 0 Å². The number of halogens is 1. The number of carbonyl (C=O) groups excluding carboxylic acids is 1. The van der Waals surface area contributed by atoms with Gasteiger partial charge in [0.05, 0.1) is 5.41 Å². The summed E-state index contributed by atoms with van der Waals surface area (Å²) in [6.45, 7) is 4.17. The minimum absolute atomic E-state index is 0.0159. The first kappa shape index (κ1) is 15.6. The molecule has 8 atom stereocenters. The third-order valence-corrected chi connectivity index (χ3v) is 9.24. The van der Waals surface area contributed by atoms with Crippen LogP contribution in [0.2, 0.25) is 0 Å². The first-order valence-electron chi connectivity index (χ1n) is 9.86. The Morgan fingerprint density at radius 3 is 2.79 bits per heavy atom. The van der Waals surface area contributed by atoms with Crippen LogP contribution in [-0.2, 0) is 9.53 Å². The Morgan fingerprint density at radius 2 is 2.04 bits per heavy atom. The van der Waals surface area contributed by atoms with Crippen molar-refractivity contribution in [3.8, 4) is 0 Å². The van der Waals surface area contributed by atoms with Crippen molar-refractivity contribution < 1.29 is 19.0 Å². The zero-order valence-electron chi connectivity index (χ0n) is 14.8. The molecule has 24 heavy (non-hydrogen) atoms. The SMILES string of the molecule is CC1CC[C@]23C[C@@]1(F)CC[C@H]2[C@@]12CCC[C@@](C)(C(=O)O1)[C@H]2[C@@H]3CO. The normalized spacial score (nSPS) is 61.2. The van der Waals surface area contributed by atoms with Crippen molar-refractivity contribution in [3.05, 3.63) is 0 Å². The van der Waals surface area contributed by atoms with Crippen molar-refractivity contribution in [3.63, 3.8) is 0 Å². The molecule has 3 nitrogen and oxygen atoms in total. The minimum Gasteiger partial charge on any atom is -0.458 e. The molecule has 0 radical (unpaired) electrons. The molecule has 4 bridgehead atoms. The van der Waals surface area contributed by atoms with Gasteiger partial charge in [0.1, 0.15) is 11.3 Å². The second-order valence-corrected chi connectivity index (χ2v) is 9.86. The predicted octanol–water partition coefficient (Wildman–Crippen LogP) is 3.64. The molecule has 0 aromatic carbocycles. The lowest BCUT2D eigenvalue weighted by Gasteiger charge is -2.56. The summed E-state index contributed by atoms with van der Waals surface area (Å²) in [6.07, 6.45) is 6.66. The number of aliphatic hydroxyl groups is 1. The quantitative estimate of drug-likeness (QED) is 0.744. The second kappa shape index (κ2) is 4.36. The van der Waals surface area contributed by atoms with Gasteiger partial charge in [-0.25, -0.2) is 4.39 Å². The molecular formula is C20H29FO3. The molecule has 1 heterocycles. The Balaban J connectivity index is 1.68. The van der Waals surface area contributed by atoms with Crippen LogP contribution in [0.3, 0.4) is 0 Å². The number of hydrogen-bond donors (Lipinski definition) is 1. The smallest absolute Gasteiger partial charge is 0.312 e. The monoisotopic (exact) mass is 336 g/mol. The van der Waals surface area contributed by atoms with Gasteiger partial charge in [0.25, 0.3) is 0 Å². The fraction of sp³-hybridized carbons (Fsp3) is 0.950. The minimum atomic E-state index is -1.09. The van der Waals surface area contributed by atoms with Gasteiger partial charge in [-0.05, 0) is 75.5 Å². The number of ether oxygens (including phenoxy) is 1. The molecule has 4 aliphatic carbocycles. The van der Waals surface area contributed by atoms with Crippen LogP contribution >= 0.6 is 0 Å². The van der Waals surface area contributed by atoms with E-state index in [9.17, 15) is 9.90 Å². The van der Waals surface area contributed by atoms with Crippen LogP contribution in [0.4, 0.5) is 4.39 Å². The highest BCUT2D eigenvalue weighted by atomic mass is 19.1. The number of fused-ring (bicyclic) bond motifs is 1. The maximum atomic E-state index is 15.6. The maximum Gasteiger partial charge on any atom is 0.312 e. The highest BCUT2D eigenvalue weighted by Gasteiger charge is 2.80. The molecule has 5 aliphatic rings. The summed E-state index contributed by atoms with van der Waals surface area (Å²) in [6, 6.07) is 0. The molecule has 4 saturated carbocycles. The summed E-state index contributed by atoms with van der Waals surface area (Å²) >= 11 is 0. The van der Waals surface area contributed by atoms with Gasteiger partial charge in [-0.1, -0.05) is 6.92 Å². The molecule has 1 unspecified atom stereocenters. The van der Waals surface area contributed by atoms with E-state index in [1.54, 1.807) is 0 Å². The van der Waals surface area contributed by atoms with Crippen molar-refractivity contribution in [2.45, 2.75) is 76.5 Å². The van der Waals surface area contributed by atoms with Gasteiger partial charge in [-0.2, -0.15) is 0 Å². The third-order valence-electron chi connectivity index (χ3n) is 9.24. The molecule has 134 valence electrons. The van der Waals surface area contributed by atoms with Gasteiger partial charge in [0, 0.05) is 18.4 Å². The van der Waals surface area contributed by atoms with Gasteiger partial charge in [0.2, 0.25) is 0 Å². The van der Waals surface area contributed by atoms with Crippen LogP contribution < -0.4 is 0 Å². The van der Waals surface area contributed by atoms with E-state index in [1.807, 2.05) is 6.92 Å². The van der Waals surface area contributed by atoms with Crippen LogP contribution in [0.5, 0.6) is 0 Å². The zero-order valence-corrected chi connectivity index (χ0v) is 14.8. The number of aliphatic hydroxyl groups excluding tert-OH is 1. The summed E-state index contributed by atoms with van der Waals surface area (Å²) in [7, 11) is 0. The molecule has 1 aliphatic heterocycles. The van der Waals surface area contributed by atoms with E-state index in [4.69, 9.17) is 4.74 Å². The number of esters is 1. The summed E-state index contributed by atoms with van der Waals surface area (Å²) in [5.74, 6) is 0.396. The summed E-state index contributed by atoms with van der Waals surface area (Å²) in [5.41, 5.74) is -2.14. The van der Waals surface area contributed by atoms with Gasteiger partial charge < -0.3 is 9.84 Å². The molecule has 4 heteroatoms. The maximum absolute atomic E-state index is 15.6. The van der Waals surface area contributed by atoms with Gasteiger partial charge in [0.15, 0.2) is 0 Å². The average Bonchev–Trinajstić information content (AvgIpc) is 2.83. The van der Waals surface area contributed by atoms with E-state index in [1.165, 1.54) is 0 Å². The highest BCUT2D eigenvalue weighted by molar-refractivity contribution is 5.81. The molecule has 0 aromatic heterocycles. The van der Waals surface area contributed by atoms with E-state index in [2.05, 4.69) is 6.92 Å². The van der Waals surface area contributed by atoms with Crippen LogP contribution in [-0.4, -0.2) is 29.0 Å². The molecular weight excluding hydrogens is 307 g/mol. The Hall–Kier alpha value is -0.640. The van der Waals surface area contributed by atoms with Gasteiger partial charge in [-0.15, -0.1) is 0 Å². The first-order chi connectivity index (χ1) is 11.3. The Morgan fingerprint density at radius 1 is 1.25 bits per heavy atom. The standard InChI is InChI=1S/C20H29FO3/c1-12-4-8-18-11-19(12,21)9-5-14(18)20-7-3-6-17(2,16(23)24-20)15(20)13(18)10-22/h12-15,22H,3-11H2,1-2H3/t12?,13-,14+,15+,17+,18+,19-,20+/m0/s1. The number of carbonyl (C=O) groups is 1. The molecule has 0 amide bonds. The lowest BCUT2D eigenvalue weighted by molar-refractivity contribution is -0.172. The second-order valence-electron chi connectivity index (χ2n) is 9.86. The van der Waals surface area contributed by atoms with E-state index in [0.29, 0.717) is 12.8 Å². The topological polar surface area (TPSA) is 46.5 Å². The number of rotatable bonds is 1. The Labute approximate surface area is 143 Å². The van der Waals surface area contributed by atoms with Crippen molar-refractivity contribution >= 4 is 5.97 Å². The summed E-state index contributed by atoms with van der Waals surface area (Å²) < 4.78 is 21.8. The van der Waals surface area contributed by atoms with Crippen molar-refractivity contribution in [1.82, 2.24) is 0 Å². The largest absolute Gasteiger partial charge is 0.458 e. The predicted molar refractivity (Wildman–Crippen MR) is 86.9 cm³/mol. The van der Waals surface area contributed by atoms with Crippen LogP contribution in [0.15, 0.2) is 0 Å². The highest BCUT2D eigenvalue weighted by Crippen LogP contribution is 2.77.